The van der Waals surface area contributed by atoms with E-state index in [9.17, 15) is 18.0 Å². The van der Waals surface area contributed by atoms with E-state index in [1.54, 1.807) is 30.3 Å². The van der Waals surface area contributed by atoms with E-state index in [0.29, 0.717) is 25.4 Å². The van der Waals surface area contributed by atoms with Crippen molar-refractivity contribution in [3.63, 3.8) is 0 Å². The van der Waals surface area contributed by atoms with Gasteiger partial charge in [-0.2, -0.15) is 13.2 Å². The van der Waals surface area contributed by atoms with Gasteiger partial charge in [-0.05, 0) is 30.9 Å². The fourth-order valence-corrected chi connectivity index (χ4v) is 3.07. The molecule has 9 heteroatoms. The first-order valence-electron chi connectivity index (χ1n) is 8.94. The molecule has 0 bridgehead atoms. The summed E-state index contributed by atoms with van der Waals surface area (Å²) < 4.78 is 45.9. The Balaban J connectivity index is 1.81. The van der Waals surface area contributed by atoms with Crippen molar-refractivity contribution < 1.29 is 22.7 Å². The zero-order valence-corrected chi connectivity index (χ0v) is 15.4. The van der Waals surface area contributed by atoms with E-state index in [1.165, 1.54) is 11.9 Å². The molecule has 2 heterocycles. The van der Waals surface area contributed by atoms with Crippen LogP contribution in [0.4, 0.5) is 24.8 Å². The van der Waals surface area contributed by atoms with Crippen LogP contribution in [0.3, 0.4) is 0 Å². The monoisotopic (exact) mass is 394 g/mol. The highest BCUT2D eigenvalue weighted by molar-refractivity contribution is 5.95. The van der Waals surface area contributed by atoms with Crippen LogP contribution >= 0.6 is 0 Å². The van der Waals surface area contributed by atoms with Crippen molar-refractivity contribution in [2.24, 2.45) is 5.92 Å². The number of para-hydroxylation sites is 1. The maximum absolute atomic E-state index is 13.5. The molecule has 1 aromatic heterocycles. The van der Waals surface area contributed by atoms with Crippen LogP contribution in [0.15, 0.2) is 36.5 Å². The topological polar surface area (TPSA) is 67.3 Å². The Morgan fingerprint density at radius 1 is 1.25 bits per heavy atom. The summed E-state index contributed by atoms with van der Waals surface area (Å²) in [6.45, 7) is 1.57. The molecule has 28 heavy (non-hydrogen) atoms. The Morgan fingerprint density at radius 2 is 1.93 bits per heavy atom. The van der Waals surface area contributed by atoms with Gasteiger partial charge < -0.3 is 15.0 Å². The first kappa shape index (κ1) is 20.1. The molecule has 0 unspecified atom stereocenters. The lowest BCUT2D eigenvalue weighted by Gasteiger charge is -2.27. The molecule has 1 fully saturated rings. The fraction of sp³-hybridized carbons (Fsp3) is 0.421. The molecule has 6 nitrogen and oxygen atoms in total. The van der Waals surface area contributed by atoms with E-state index in [2.05, 4.69) is 15.3 Å². The summed E-state index contributed by atoms with van der Waals surface area (Å²) in [5.74, 6) is -0.760. The number of carbonyl (C=O) groups excluding carboxylic acids is 1. The quantitative estimate of drug-likeness (QED) is 0.837. The first-order valence-corrected chi connectivity index (χ1v) is 8.94. The van der Waals surface area contributed by atoms with E-state index in [1.807, 2.05) is 0 Å². The molecular weight excluding hydrogens is 373 g/mol. The van der Waals surface area contributed by atoms with E-state index in [0.717, 1.165) is 19.0 Å². The van der Waals surface area contributed by atoms with Gasteiger partial charge in [0, 0.05) is 38.7 Å². The Labute approximate surface area is 160 Å². The molecule has 2 aromatic rings. The van der Waals surface area contributed by atoms with E-state index in [-0.39, 0.29) is 11.9 Å². The third kappa shape index (κ3) is 4.98. The average molecular weight is 394 g/mol. The van der Waals surface area contributed by atoms with Crippen molar-refractivity contribution in [2.45, 2.75) is 19.0 Å². The predicted molar refractivity (Wildman–Crippen MR) is 97.3 cm³/mol. The number of nitrogens with zero attached hydrogens (tertiary/aromatic N) is 3. The van der Waals surface area contributed by atoms with Crippen LogP contribution in [0.1, 0.15) is 28.9 Å². The summed E-state index contributed by atoms with van der Waals surface area (Å²) >= 11 is 0. The van der Waals surface area contributed by atoms with Crippen LogP contribution in [-0.4, -0.2) is 47.6 Å². The number of carbonyl (C=O) groups is 1. The molecule has 0 atom stereocenters. The number of aromatic nitrogens is 2. The summed E-state index contributed by atoms with van der Waals surface area (Å²) in [7, 11) is 1.49. The van der Waals surface area contributed by atoms with Crippen LogP contribution < -0.4 is 5.32 Å². The van der Waals surface area contributed by atoms with E-state index >= 15 is 0 Å². The Hall–Kier alpha value is -2.68. The van der Waals surface area contributed by atoms with Crippen molar-refractivity contribution in [1.29, 1.82) is 0 Å². The number of amides is 1. The lowest BCUT2D eigenvalue weighted by Crippen LogP contribution is -2.35. The summed E-state index contributed by atoms with van der Waals surface area (Å²) in [4.78, 5) is 21.4. The third-order valence-corrected chi connectivity index (χ3v) is 4.54. The van der Waals surface area contributed by atoms with Crippen molar-refractivity contribution in [1.82, 2.24) is 14.9 Å². The highest BCUT2D eigenvalue weighted by Crippen LogP contribution is 2.32. The molecule has 1 amide bonds. The summed E-state index contributed by atoms with van der Waals surface area (Å²) in [6, 6.07) is 8.60. The summed E-state index contributed by atoms with van der Waals surface area (Å²) in [5, 5.41) is 2.72. The summed E-state index contributed by atoms with van der Waals surface area (Å²) in [6.07, 6.45) is -2.29. The molecule has 0 spiro atoms. The molecule has 1 N–H and O–H groups in total. The second kappa shape index (κ2) is 8.55. The minimum absolute atomic E-state index is 0.206. The highest BCUT2D eigenvalue weighted by atomic mass is 19.4. The third-order valence-electron chi connectivity index (χ3n) is 4.54. The standard InChI is InChI=1S/C19H21F3N4O2/c1-26(12-13-7-9-28-10-8-13)17(27)15-11-23-18(25-16(15)19(20,21)22)24-14-5-3-2-4-6-14/h2-6,11,13H,7-10,12H2,1H3,(H,23,24,25). The van der Waals surface area contributed by atoms with Crippen LogP contribution in [0.25, 0.3) is 0 Å². The molecule has 3 rings (SSSR count). The molecule has 0 radical (unpaired) electrons. The number of hydrogen-bond donors (Lipinski definition) is 1. The van der Waals surface area contributed by atoms with Crippen molar-refractivity contribution in [3.05, 3.63) is 47.8 Å². The van der Waals surface area contributed by atoms with Gasteiger partial charge in [0.1, 0.15) is 0 Å². The maximum atomic E-state index is 13.5. The lowest BCUT2D eigenvalue weighted by atomic mass is 9.99. The van der Waals surface area contributed by atoms with Crippen molar-refractivity contribution in [2.75, 3.05) is 32.1 Å². The second-order valence-corrected chi connectivity index (χ2v) is 6.69. The summed E-state index contributed by atoms with van der Waals surface area (Å²) in [5.41, 5.74) is -1.25. The molecule has 0 saturated carbocycles. The number of halogens is 3. The minimum Gasteiger partial charge on any atom is -0.381 e. The molecule has 1 saturated heterocycles. The van der Waals surface area contributed by atoms with Gasteiger partial charge in [0.15, 0.2) is 5.69 Å². The molecule has 0 aliphatic carbocycles. The van der Waals surface area contributed by atoms with Crippen LogP contribution in [0, 0.1) is 5.92 Å². The predicted octanol–water partition coefficient (Wildman–Crippen LogP) is 3.74. The SMILES string of the molecule is CN(CC1CCOCC1)C(=O)c1cnc(Nc2ccccc2)nc1C(F)(F)F. The number of nitrogens with one attached hydrogen (secondary N) is 1. The Morgan fingerprint density at radius 3 is 2.57 bits per heavy atom. The fourth-order valence-electron chi connectivity index (χ4n) is 3.07. The van der Waals surface area contributed by atoms with Gasteiger partial charge in [0.25, 0.3) is 5.91 Å². The van der Waals surface area contributed by atoms with Gasteiger partial charge >= 0.3 is 6.18 Å². The normalized spacial score (nSPS) is 15.3. The largest absolute Gasteiger partial charge is 0.434 e. The van der Waals surface area contributed by atoms with Crippen molar-refractivity contribution in [3.8, 4) is 0 Å². The number of rotatable bonds is 5. The minimum atomic E-state index is -4.78. The second-order valence-electron chi connectivity index (χ2n) is 6.69. The number of anilines is 2. The van der Waals surface area contributed by atoms with Crippen molar-refractivity contribution >= 4 is 17.5 Å². The van der Waals surface area contributed by atoms with Crippen LogP contribution in [0.2, 0.25) is 0 Å². The van der Waals surface area contributed by atoms with Gasteiger partial charge in [-0.15, -0.1) is 0 Å². The Kier molecular flexibility index (Phi) is 6.13. The highest BCUT2D eigenvalue weighted by Gasteiger charge is 2.39. The molecule has 1 aliphatic rings. The van der Waals surface area contributed by atoms with Gasteiger partial charge in [0.2, 0.25) is 5.95 Å². The number of benzene rings is 1. The van der Waals surface area contributed by atoms with Gasteiger partial charge in [0.05, 0.1) is 5.56 Å². The smallest absolute Gasteiger partial charge is 0.381 e. The van der Waals surface area contributed by atoms with E-state index in [4.69, 9.17) is 4.74 Å². The number of hydrogen-bond acceptors (Lipinski definition) is 5. The molecule has 1 aliphatic heterocycles. The van der Waals surface area contributed by atoms with Crippen LogP contribution in [0.5, 0.6) is 0 Å². The maximum Gasteiger partial charge on any atom is 0.434 e. The number of ether oxygens (including phenoxy) is 1. The van der Waals surface area contributed by atoms with Gasteiger partial charge in [-0.3, -0.25) is 4.79 Å². The van der Waals surface area contributed by atoms with Crippen LogP contribution in [-0.2, 0) is 10.9 Å². The molecular formula is C19H21F3N4O2. The van der Waals surface area contributed by atoms with E-state index < -0.39 is 23.3 Å². The van der Waals surface area contributed by atoms with Gasteiger partial charge in [-0.1, -0.05) is 18.2 Å². The first-order chi connectivity index (χ1) is 13.3. The zero-order valence-electron chi connectivity index (χ0n) is 15.4. The zero-order chi connectivity index (χ0) is 20.1. The average Bonchev–Trinajstić information content (AvgIpc) is 2.68. The Bertz CT molecular complexity index is 809. The molecule has 1 aromatic carbocycles. The molecule has 150 valence electrons. The number of alkyl halides is 3. The van der Waals surface area contributed by atoms with Gasteiger partial charge in [-0.25, -0.2) is 9.97 Å². The lowest BCUT2D eigenvalue weighted by molar-refractivity contribution is -0.141.